The smallest absolute Gasteiger partial charge is 0.164 e. The standard InChI is InChI=1S/C15H22N4O/c1-4-7-19-15(17-10-18-19)9-20-14-6-5-11(2)8-13(14)12(3)16/h5-6,8,10,12H,4,7,9,16H2,1-3H3. The second kappa shape index (κ2) is 6.52. The lowest BCUT2D eigenvalue weighted by atomic mass is 10.1. The highest BCUT2D eigenvalue weighted by atomic mass is 16.5. The van der Waals surface area contributed by atoms with Gasteiger partial charge >= 0.3 is 0 Å². The topological polar surface area (TPSA) is 66.0 Å². The number of nitrogens with two attached hydrogens (primary N) is 1. The summed E-state index contributed by atoms with van der Waals surface area (Å²) in [6.45, 7) is 7.38. The lowest BCUT2D eigenvalue weighted by Gasteiger charge is -2.15. The van der Waals surface area contributed by atoms with Crippen molar-refractivity contribution in [2.45, 2.75) is 46.4 Å². The average molecular weight is 274 g/mol. The van der Waals surface area contributed by atoms with Gasteiger partial charge in [0.2, 0.25) is 0 Å². The Morgan fingerprint density at radius 2 is 2.20 bits per heavy atom. The van der Waals surface area contributed by atoms with Crippen LogP contribution in [0.25, 0.3) is 0 Å². The van der Waals surface area contributed by atoms with Gasteiger partial charge in [-0.05, 0) is 26.3 Å². The highest BCUT2D eigenvalue weighted by Gasteiger charge is 2.10. The van der Waals surface area contributed by atoms with Gasteiger partial charge < -0.3 is 10.5 Å². The molecule has 0 fully saturated rings. The van der Waals surface area contributed by atoms with Gasteiger partial charge in [-0.1, -0.05) is 24.6 Å². The van der Waals surface area contributed by atoms with Crippen molar-refractivity contribution in [1.29, 1.82) is 0 Å². The number of hydrogen-bond donors (Lipinski definition) is 1. The van der Waals surface area contributed by atoms with Crippen LogP contribution in [0.1, 0.15) is 43.3 Å². The number of hydrogen-bond acceptors (Lipinski definition) is 4. The minimum atomic E-state index is -0.0570. The van der Waals surface area contributed by atoms with Crippen LogP contribution in [-0.2, 0) is 13.2 Å². The van der Waals surface area contributed by atoms with Gasteiger partial charge in [0.15, 0.2) is 5.82 Å². The molecule has 2 aromatic rings. The Bertz CT molecular complexity index is 563. The minimum absolute atomic E-state index is 0.0570. The van der Waals surface area contributed by atoms with Gasteiger partial charge in [0, 0.05) is 18.2 Å². The molecule has 0 aliphatic heterocycles. The third kappa shape index (κ3) is 3.36. The Hall–Kier alpha value is -1.88. The third-order valence-corrected chi connectivity index (χ3v) is 3.14. The van der Waals surface area contributed by atoms with E-state index in [1.807, 2.05) is 30.7 Å². The summed E-state index contributed by atoms with van der Waals surface area (Å²) in [4.78, 5) is 4.24. The van der Waals surface area contributed by atoms with Crippen molar-refractivity contribution in [2.24, 2.45) is 5.73 Å². The normalized spacial score (nSPS) is 12.4. The molecule has 1 atom stereocenters. The zero-order chi connectivity index (χ0) is 14.5. The number of rotatable bonds is 6. The van der Waals surface area contributed by atoms with E-state index in [1.54, 1.807) is 6.33 Å². The van der Waals surface area contributed by atoms with Crippen LogP contribution in [0.15, 0.2) is 24.5 Å². The molecule has 1 aromatic heterocycles. The maximum Gasteiger partial charge on any atom is 0.164 e. The molecule has 1 aromatic carbocycles. The summed E-state index contributed by atoms with van der Waals surface area (Å²) in [5.74, 6) is 1.65. The molecule has 0 aliphatic carbocycles. The quantitative estimate of drug-likeness (QED) is 0.879. The zero-order valence-corrected chi connectivity index (χ0v) is 12.3. The van der Waals surface area contributed by atoms with E-state index >= 15 is 0 Å². The molecular weight excluding hydrogens is 252 g/mol. The SMILES string of the molecule is CCCn1ncnc1COc1ccc(C)cc1C(C)N. The van der Waals surface area contributed by atoms with Gasteiger partial charge in [0.05, 0.1) is 0 Å². The van der Waals surface area contributed by atoms with Crippen LogP contribution in [0.5, 0.6) is 5.75 Å². The van der Waals surface area contributed by atoms with Crippen molar-refractivity contribution in [3.05, 3.63) is 41.5 Å². The number of benzene rings is 1. The molecule has 0 radical (unpaired) electrons. The zero-order valence-electron chi connectivity index (χ0n) is 12.3. The van der Waals surface area contributed by atoms with Gasteiger partial charge in [0.1, 0.15) is 18.7 Å². The van der Waals surface area contributed by atoms with Crippen molar-refractivity contribution in [3.8, 4) is 5.75 Å². The highest BCUT2D eigenvalue weighted by Crippen LogP contribution is 2.25. The first-order valence-corrected chi connectivity index (χ1v) is 6.97. The van der Waals surface area contributed by atoms with Crippen LogP contribution >= 0.6 is 0 Å². The molecule has 0 bridgehead atoms. The maximum absolute atomic E-state index is 6.00. The van der Waals surface area contributed by atoms with E-state index < -0.39 is 0 Å². The van der Waals surface area contributed by atoms with Crippen LogP contribution in [0, 0.1) is 6.92 Å². The number of aromatic nitrogens is 3. The molecule has 0 aliphatic rings. The summed E-state index contributed by atoms with van der Waals surface area (Å²) in [6.07, 6.45) is 2.59. The monoisotopic (exact) mass is 274 g/mol. The van der Waals surface area contributed by atoms with Crippen LogP contribution in [0.4, 0.5) is 0 Å². The van der Waals surface area contributed by atoms with Crippen LogP contribution in [0.2, 0.25) is 0 Å². The molecule has 0 saturated heterocycles. The third-order valence-electron chi connectivity index (χ3n) is 3.14. The van der Waals surface area contributed by atoms with Gasteiger partial charge in [-0.3, -0.25) is 0 Å². The summed E-state index contributed by atoms with van der Waals surface area (Å²) in [7, 11) is 0. The Labute approximate surface area is 119 Å². The number of aryl methyl sites for hydroxylation is 2. The highest BCUT2D eigenvalue weighted by molar-refractivity contribution is 5.38. The Morgan fingerprint density at radius 3 is 2.90 bits per heavy atom. The molecule has 0 saturated carbocycles. The van der Waals surface area contributed by atoms with E-state index in [9.17, 15) is 0 Å². The molecule has 108 valence electrons. The van der Waals surface area contributed by atoms with Gasteiger partial charge in [0.25, 0.3) is 0 Å². The second-order valence-corrected chi connectivity index (χ2v) is 5.02. The largest absolute Gasteiger partial charge is 0.485 e. The molecule has 2 rings (SSSR count). The predicted molar refractivity (Wildman–Crippen MR) is 78.4 cm³/mol. The number of nitrogens with zero attached hydrogens (tertiary/aromatic N) is 3. The fraction of sp³-hybridized carbons (Fsp3) is 0.467. The van der Waals surface area contributed by atoms with E-state index in [2.05, 4.69) is 23.1 Å². The van der Waals surface area contributed by atoms with Gasteiger partial charge in [-0.15, -0.1) is 0 Å². The van der Waals surface area contributed by atoms with Crippen molar-refractivity contribution >= 4 is 0 Å². The van der Waals surface area contributed by atoms with Crippen LogP contribution in [0.3, 0.4) is 0 Å². The summed E-state index contributed by atoms with van der Waals surface area (Å²) in [6, 6.07) is 6.00. The fourth-order valence-electron chi connectivity index (χ4n) is 2.10. The summed E-state index contributed by atoms with van der Waals surface area (Å²) in [5, 5.41) is 4.19. The second-order valence-electron chi connectivity index (χ2n) is 5.02. The molecule has 1 unspecified atom stereocenters. The molecule has 0 amide bonds. The van der Waals surface area contributed by atoms with E-state index in [-0.39, 0.29) is 6.04 Å². The van der Waals surface area contributed by atoms with E-state index in [0.717, 1.165) is 30.1 Å². The summed E-state index contributed by atoms with van der Waals surface area (Å²) in [5.41, 5.74) is 8.20. The van der Waals surface area contributed by atoms with Gasteiger partial charge in [-0.25, -0.2) is 9.67 Å². The van der Waals surface area contributed by atoms with Crippen molar-refractivity contribution in [3.63, 3.8) is 0 Å². The maximum atomic E-state index is 6.00. The molecule has 1 heterocycles. The molecule has 5 heteroatoms. The first kappa shape index (κ1) is 14.5. The molecule has 5 nitrogen and oxygen atoms in total. The van der Waals surface area contributed by atoms with E-state index in [0.29, 0.717) is 6.61 Å². The van der Waals surface area contributed by atoms with Crippen molar-refractivity contribution in [1.82, 2.24) is 14.8 Å². The first-order chi connectivity index (χ1) is 9.61. The Morgan fingerprint density at radius 1 is 1.40 bits per heavy atom. The lowest BCUT2D eigenvalue weighted by molar-refractivity contribution is 0.282. The summed E-state index contributed by atoms with van der Waals surface area (Å²) < 4.78 is 7.76. The van der Waals surface area contributed by atoms with E-state index in [1.165, 1.54) is 5.56 Å². The molecule has 0 spiro atoms. The predicted octanol–water partition coefficient (Wildman–Crippen LogP) is 2.60. The average Bonchev–Trinajstić information content (AvgIpc) is 2.85. The molecule has 2 N–H and O–H groups in total. The Kier molecular flexibility index (Phi) is 4.74. The molecule has 20 heavy (non-hydrogen) atoms. The lowest BCUT2D eigenvalue weighted by Crippen LogP contribution is -2.11. The van der Waals surface area contributed by atoms with Crippen LogP contribution < -0.4 is 10.5 Å². The van der Waals surface area contributed by atoms with E-state index in [4.69, 9.17) is 10.5 Å². The number of ether oxygens (including phenoxy) is 1. The first-order valence-electron chi connectivity index (χ1n) is 6.97. The Balaban J connectivity index is 2.12. The van der Waals surface area contributed by atoms with Gasteiger partial charge in [-0.2, -0.15) is 5.10 Å². The summed E-state index contributed by atoms with van der Waals surface area (Å²) >= 11 is 0. The molecular formula is C15H22N4O. The van der Waals surface area contributed by atoms with Crippen LogP contribution in [-0.4, -0.2) is 14.8 Å². The van der Waals surface area contributed by atoms with Crippen molar-refractivity contribution < 1.29 is 4.74 Å². The fourth-order valence-corrected chi connectivity index (χ4v) is 2.10. The van der Waals surface area contributed by atoms with Crippen molar-refractivity contribution in [2.75, 3.05) is 0 Å². The minimum Gasteiger partial charge on any atom is -0.485 e.